The van der Waals surface area contributed by atoms with E-state index in [9.17, 15) is 9.59 Å². The molecule has 0 fully saturated rings. The van der Waals surface area contributed by atoms with E-state index in [4.69, 9.17) is 4.74 Å². The number of aromatic nitrogens is 2. The lowest BCUT2D eigenvalue weighted by atomic mass is 10.2. The Hall–Kier alpha value is -3.00. The van der Waals surface area contributed by atoms with Crippen molar-refractivity contribution < 1.29 is 14.3 Å². The van der Waals surface area contributed by atoms with Crippen LogP contribution in [0.15, 0.2) is 54.6 Å². The van der Waals surface area contributed by atoms with Crippen molar-refractivity contribution in [3.63, 3.8) is 0 Å². The maximum Gasteiger partial charge on any atom is 0.258 e. The molecule has 0 radical (unpaired) electrons. The van der Waals surface area contributed by atoms with Crippen LogP contribution in [0.5, 0.6) is 5.75 Å². The SMILES string of the molecule is CSCCC(NC(=O)COc1ccccc1)C(=O)NCc1nc2ccccc2n1C. The number of nitrogens with one attached hydrogen (secondary N) is 2. The van der Waals surface area contributed by atoms with Gasteiger partial charge in [0.2, 0.25) is 5.91 Å². The van der Waals surface area contributed by atoms with Crippen LogP contribution in [-0.2, 0) is 23.2 Å². The molecule has 0 saturated carbocycles. The van der Waals surface area contributed by atoms with E-state index in [1.54, 1.807) is 23.9 Å². The summed E-state index contributed by atoms with van der Waals surface area (Å²) in [5.74, 6) is 1.56. The van der Waals surface area contributed by atoms with Gasteiger partial charge in [-0.15, -0.1) is 0 Å². The second-order valence-corrected chi connectivity index (χ2v) is 7.78. The van der Waals surface area contributed by atoms with Gasteiger partial charge in [0.15, 0.2) is 6.61 Å². The lowest BCUT2D eigenvalue weighted by Crippen LogP contribution is -2.48. The molecule has 0 saturated heterocycles. The Morgan fingerprint density at radius 2 is 1.87 bits per heavy atom. The molecule has 1 unspecified atom stereocenters. The summed E-state index contributed by atoms with van der Waals surface area (Å²) in [4.78, 5) is 29.6. The minimum Gasteiger partial charge on any atom is -0.484 e. The third-order valence-electron chi connectivity index (χ3n) is 4.68. The van der Waals surface area contributed by atoms with Gasteiger partial charge in [-0.05, 0) is 42.7 Å². The number of thioether (sulfide) groups is 1. The summed E-state index contributed by atoms with van der Waals surface area (Å²) in [7, 11) is 1.92. The number of rotatable bonds is 10. The van der Waals surface area contributed by atoms with Crippen molar-refractivity contribution in [2.45, 2.75) is 19.0 Å². The van der Waals surface area contributed by atoms with Gasteiger partial charge in [-0.25, -0.2) is 4.98 Å². The highest BCUT2D eigenvalue weighted by Gasteiger charge is 2.21. The first-order valence-corrected chi connectivity index (χ1v) is 11.1. The van der Waals surface area contributed by atoms with Crippen LogP contribution in [0.2, 0.25) is 0 Å². The first-order chi connectivity index (χ1) is 14.6. The lowest BCUT2D eigenvalue weighted by Gasteiger charge is -2.18. The highest BCUT2D eigenvalue weighted by atomic mass is 32.2. The van der Waals surface area contributed by atoms with Crippen LogP contribution in [0.3, 0.4) is 0 Å². The molecule has 1 aromatic heterocycles. The standard InChI is InChI=1S/C22H26N4O3S/c1-26-19-11-7-6-10-17(19)24-20(26)14-23-22(28)18(12-13-30-2)25-21(27)15-29-16-8-4-3-5-9-16/h3-11,18H,12-15H2,1-2H3,(H,23,28)(H,25,27). The zero-order valence-electron chi connectivity index (χ0n) is 17.1. The fourth-order valence-corrected chi connectivity index (χ4v) is 3.52. The first kappa shape index (κ1) is 21.7. The van der Waals surface area contributed by atoms with E-state index in [0.717, 1.165) is 22.6 Å². The lowest BCUT2D eigenvalue weighted by molar-refractivity contribution is -0.130. The summed E-state index contributed by atoms with van der Waals surface area (Å²) < 4.78 is 7.43. The maximum atomic E-state index is 12.7. The molecule has 1 heterocycles. The minimum atomic E-state index is -0.626. The van der Waals surface area contributed by atoms with E-state index in [1.807, 2.05) is 60.3 Å². The Bertz CT molecular complexity index is 990. The van der Waals surface area contributed by atoms with Crippen molar-refractivity contribution in [1.29, 1.82) is 0 Å². The molecule has 3 rings (SSSR count). The largest absolute Gasteiger partial charge is 0.484 e. The third-order valence-corrected chi connectivity index (χ3v) is 5.32. The number of hydrogen-bond donors (Lipinski definition) is 2. The van der Waals surface area contributed by atoms with Crippen molar-refractivity contribution in [1.82, 2.24) is 20.2 Å². The first-order valence-electron chi connectivity index (χ1n) is 9.72. The van der Waals surface area contributed by atoms with E-state index in [0.29, 0.717) is 12.2 Å². The van der Waals surface area contributed by atoms with Gasteiger partial charge in [-0.2, -0.15) is 11.8 Å². The van der Waals surface area contributed by atoms with Crippen LogP contribution in [0.4, 0.5) is 0 Å². The maximum absolute atomic E-state index is 12.7. The van der Waals surface area contributed by atoms with E-state index < -0.39 is 6.04 Å². The van der Waals surface area contributed by atoms with E-state index in [-0.39, 0.29) is 25.0 Å². The molecular formula is C22H26N4O3S. The van der Waals surface area contributed by atoms with Crippen LogP contribution in [0, 0.1) is 0 Å². The quantitative estimate of drug-likeness (QED) is 0.520. The molecule has 0 bridgehead atoms. The van der Waals surface area contributed by atoms with Crippen molar-refractivity contribution >= 4 is 34.6 Å². The molecule has 0 aliphatic heterocycles. The van der Waals surface area contributed by atoms with Crippen molar-refractivity contribution in [2.24, 2.45) is 7.05 Å². The van der Waals surface area contributed by atoms with E-state index in [2.05, 4.69) is 15.6 Å². The number of amides is 2. The van der Waals surface area contributed by atoms with Crippen molar-refractivity contribution in [3.05, 3.63) is 60.4 Å². The third kappa shape index (κ3) is 5.76. The molecule has 30 heavy (non-hydrogen) atoms. The van der Waals surface area contributed by atoms with Gasteiger partial charge >= 0.3 is 0 Å². The molecule has 3 aromatic rings. The average Bonchev–Trinajstić information content (AvgIpc) is 3.10. The normalized spacial score (nSPS) is 11.8. The van der Waals surface area contributed by atoms with Gasteiger partial charge in [-0.3, -0.25) is 9.59 Å². The zero-order chi connectivity index (χ0) is 21.3. The van der Waals surface area contributed by atoms with Crippen LogP contribution < -0.4 is 15.4 Å². The molecule has 8 heteroatoms. The molecule has 0 spiro atoms. The minimum absolute atomic E-state index is 0.141. The summed E-state index contributed by atoms with van der Waals surface area (Å²) in [6.07, 6.45) is 2.50. The van der Waals surface area contributed by atoms with Gasteiger partial charge in [0.05, 0.1) is 17.6 Å². The number of para-hydroxylation sites is 3. The van der Waals surface area contributed by atoms with Crippen LogP contribution in [-0.4, -0.2) is 46.0 Å². The summed E-state index contributed by atoms with van der Waals surface area (Å²) >= 11 is 1.63. The molecule has 0 aliphatic rings. The highest BCUT2D eigenvalue weighted by Crippen LogP contribution is 2.14. The Balaban J connectivity index is 1.57. The molecule has 2 aromatic carbocycles. The number of nitrogens with zero attached hydrogens (tertiary/aromatic N) is 2. The van der Waals surface area contributed by atoms with Crippen LogP contribution >= 0.6 is 11.8 Å². The van der Waals surface area contributed by atoms with Gasteiger partial charge < -0.3 is 19.9 Å². The molecule has 158 valence electrons. The fraction of sp³-hybridized carbons (Fsp3) is 0.318. The topological polar surface area (TPSA) is 85.2 Å². The summed E-state index contributed by atoms with van der Waals surface area (Å²) in [6.45, 7) is 0.147. The smallest absolute Gasteiger partial charge is 0.258 e. The predicted molar refractivity (Wildman–Crippen MR) is 119 cm³/mol. The second-order valence-electron chi connectivity index (χ2n) is 6.80. The summed E-state index contributed by atoms with van der Waals surface area (Å²) in [5, 5.41) is 5.68. The van der Waals surface area contributed by atoms with Gasteiger partial charge in [0.1, 0.15) is 17.6 Å². The summed E-state index contributed by atoms with van der Waals surface area (Å²) in [6, 6.07) is 16.3. The Morgan fingerprint density at radius 1 is 1.13 bits per heavy atom. The molecule has 1 atom stereocenters. The van der Waals surface area contributed by atoms with E-state index in [1.165, 1.54) is 0 Å². The Kier molecular flexibility index (Phi) is 7.73. The number of fused-ring (bicyclic) bond motifs is 1. The van der Waals surface area contributed by atoms with Gasteiger partial charge in [0, 0.05) is 7.05 Å². The number of carbonyl (C=O) groups is 2. The van der Waals surface area contributed by atoms with Crippen LogP contribution in [0.25, 0.3) is 11.0 Å². The van der Waals surface area contributed by atoms with Crippen molar-refractivity contribution in [2.75, 3.05) is 18.6 Å². The van der Waals surface area contributed by atoms with E-state index >= 15 is 0 Å². The monoisotopic (exact) mass is 426 g/mol. The van der Waals surface area contributed by atoms with Gasteiger partial charge in [0.25, 0.3) is 5.91 Å². The molecule has 0 aliphatic carbocycles. The number of aryl methyl sites for hydroxylation is 1. The molecule has 2 N–H and O–H groups in total. The number of hydrogen-bond acceptors (Lipinski definition) is 5. The van der Waals surface area contributed by atoms with Crippen LogP contribution in [0.1, 0.15) is 12.2 Å². The van der Waals surface area contributed by atoms with Crippen molar-refractivity contribution in [3.8, 4) is 5.75 Å². The second kappa shape index (κ2) is 10.7. The zero-order valence-corrected chi connectivity index (χ0v) is 17.9. The fourth-order valence-electron chi connectivity index (χ4n) is 3.05. The molecule has 2 amide bonds. The number of benzene rings is 2. The summed E-state index contributed by atoms with van der Waals surface area (Å²) in [5.41, 5.74) is 1.89. The average molecular weight is 427 g/mol. The Morgan fingerprint density at radius 3 is 2.60 bits per heavy atom. The molecule has 7 nitrogen and oxygen atoms in total. The number of carbonyl (C=O) groups excluding carboxylic acids is 2. The number of imidazole rings is 1. The highest BCUT2D eigenvalue weighted by molar-refractivity contribution is 7.98. The number of ether oxygens (including phenoxy) is 1. The predicted octanol–water partition coefficient (Wildman–Crippen LogP) is 2.51. The van der Waals surface area contributed by atoms with Gasteiger partial charge in [-0.1, -0.05) is 30.3 Å². The molecular weight excluding hydrogens is 400 g/mol. The Labute approximate surface area is 180 Å².